The number of para-hydroxylation sites is 4. The smallest absolute Gasteiger partial charge is 0.143 e. The molecule has 0 bridgehead atoms. The van der Waals surface area contributed by atoms with Gasteiger partial charge in [-0.3, -0.25) is 4.98 Å². The van der Waals surface area contributed by atoms with Gasteiger partial charge < -0.3 is 8.83 Å². The van der Waals surface area contributed by atoms with Gasteiger partial charge in [0, 0.05) is 49.0 Å². The zero-order valence-electron chi connectivity index (χ0n) is 33.6. The van der Waals surface area contributed by atoms with Gasteiger partial charge in [-0.15, -0.1) is 0 Å². The first-order chi connectivity index (χ1) is 28.0. The molecule has 58 heavy (non-hydrogen) atoms. The number of benzene rings is 8. The molecule has 0 amide bonds. The van der Waals surface area contributed by atoms with Gasteiger partial charge in [-0.2, -0.15) is 0 Å². The average molecular weight is 751 g/mol. The van der Waals surface area contributed by atoms with Crippen LogP contribution in [0.3, 0.4) is 0 Å². The largest absolute Gasteiger partial charge is 0.455 e. The molecule has 3 heterocycles. The van der Waals surface area contributed by atoms with Gasteiger partial charge in [0.25, 0.3) is 0 Å². The van der Waals surface area contributed by atoms with E-state index in [1.807, 2.05) is 30.5 Å². The number of hydrogen-bond acceptors (Lipinski definition) is 4. The monoisotopic (exact) mass is 750 g/mol. The lowest BCUT2D eigenvalue weighted by molar-refractivity contribution is 0.591. The fourth-order valence-corrected chi connectivity index (χ4v) is 8.83. The number of nitrogens with zero attached hydrogens (tertiary/aromatic N) is 2. The Hall–Kier alpha value is -6.78. The Labute approximate surface area is 336 Å². The number of furan rings is 2. The highest BCUT2D eigenvalue weighted by atomic mass is 16.3. The van der Waals surface area contributed by atoms with Crippen molar-refractivity contribution in [1.82, 2.24) is 9.97 Å². The lowest BCUT2D eigenvalue weighted by Crippen LogP contribution is -2.11. The van der Waals surface area contributed by atoms with Crippen molar-refractivity contribution in [3.63, 3.8) is 0 Å². The lowest BCUT2D eigenvalue weighted by atomic mass is 9.83. The second-order valence-electron chi connectivity index (χ2n) is 17.8. The summed E-state index contributed by atoms with van der Waals surface area (Å²) in [7, 11) is 0. The summed E-state index contributed by atoms with van der Waals surface area (Å²) in [5.41, 5.74) is 13.6. The number of fused-ring (bicyclic) bond motifs is 12. The summed E-state index contributed by atoms with van der Waals surface area (Å²) >= 11 is 0. The van der Waals surface area contributed by atoms with Crippen LogP contribution >= 0.6 is 0 Å². The molecule has 11 rings (SSSR count). The molecule has 0 aliphatic heterocycles. The van der Waals surface area contributed by atoms with Crippen molar-refractivity contribution in [1.29, 1.82) is 0 Å². The third-order valence-electron chi connectivity index (χ3n) is 12.0. The lowest BCUT2D eigenvalue weighted by Gasteiger charge is -2.22. The minimum atomic E-state index is -0.0326. The van der Waals surface area contributed by atoms with Gasteiger partial charge in [0.1, 0.15) is 22.3 Å². The molecule has 0 spiro atoms. The van der Waals surface area contributed by atoms with Crippen LogP contribution in [-0.2, 0) is 10.8 Å². The van der Waals surface area contributed by atoms with Crippen LogP contribution in [-0.4, -0.2) is 9.97 Å². The second kappa shape index (κ2) is 12.4. The molecule has 0 atom stereocenters. The molecule has 4 heteroatoms. The van der Waals surface area contributed by atoms with Crippen LogP contribution in [0, 0.1) is 0 Å². The van der Waals surface area contributed by atoms with Crippen molar-refractivity contribution in [2.45, 2.75) is 52.4 Å². The van der Waals surface area contributed by atoms with Crippen LogP contribution in [0.5, 0.6) is 0 Å². The van der Waals surface area contributed by atoms with Gasteiger partial charge in [-0.25, -0.2) is 4.98 Å². The Morgan fingerprint density at radius 3 is 1.38 bits per heavy atom. The summed E-state index contributed by atoms with van der Waals surface area (Å²) < 4.78 is 13.2. The van der Waals surface area contributed by atoms with Crippen molar-refractivity contribution in [3.05, 3.63) is 157 Å². The molecular weight excluding hydrogens is 709 g/mol. The molecule has 0 aliphatic rings. The predicted molar refractivity (Wildman–Crippen MR) is 243 cm³/mol. The van der Waals surface area contributed by atoms with Gasteiger partial charge in [-0.1, -0.05) is 139 Å². The van der Waals surface area contributed by atoms with Gasteiger partial charge >= 0.3 is 0 Å². The van der Waals surface area contributed by atoms with Crippen molar-refractivity contribution >= 4 is 76.5 Å². The van der Waals surface area contributed by atoms with Crippen LogP contribution in [0.15, 0.2) is 155 Å². The highest BCUT2D eigenvalue weighted by Crippen LogP contribution is 2.43. The molecule has 11 aromatic rings. The number of rotatable bonds is 3. The molecule has 8 aromatic carbocycles. The van der Waals surface area contributed by atoms with Gasteiger partial charge in [0.05, 0.1) is 22.9 Å². The van der Waals surface area contributed by atoms with E-state index in [-0.39, 0.29) is 10.8 Å². The van der Waals surface area contributed by atoms with Gasteiger partial charge in [0.15, 0.2) is 0 Å². The Morgan fingerprint density at radius 2 is 0.862 bits per heavy atom. The highest BCUT2D eigenvalue weighted by molar-refractivity contribution is 6.23. The van der Waals surface area contributed by atoms with Crippen molar-refractivity contribution < 1.29 is 8.83 Å². The van der Waals surface area contributed by atoms with Crippen molar-refractivity contribution in [3.8, 4) is 33.5 Å². The molecule has 0 fully saturated rings. The summed E-state index contributed by atoms with van der Waals surface area (Å²) in [6, 6.07) is 49.8. The summed E-state index contributed by atoms with van der Waals surface area (Å²) in [6.07, 6.45) is 1.96. The fraction of sp³-hybridized carbons (Fsp3) is 0.148. The summed E-state index contributed by atoms with van der Waals surface area (Å²) in [6.45, 7) is 13.6. The summed E-state index contributed by atoms with van der Waals surface area (Å²) in [5.74, 6) is 0. The maximum Gasteiger partial charge on any atom is 0.143 e. The quantitative estimate of drug-likeness (QED) is 0.169. The van der Waals surface area contributed by atoms with E-state index < -0.39 is 0 Å². The number of hydrogen-bond donors (Lipinski definition) is 0. The minimum Gasteiger partial charge on any atom is -0.455 e. The second-order valence-corrected chi connectivity index (χ2v) is 17.8. The Kier molecular flexibility index (Phi) is 7.34. The predicted octanol–water partition coefficient (Wildman–Crippen LogP) is 15.3. The topological polar surface area (TPSA) is 52.1 Å². The van der Waals surface area contributed by atoms with Gasteiger partial charge in [0.2, 0.25) is 0 Å². The third kappa shape index (κ3) is 5.35. The van der Waals surface area contributed by atoms with E-state index in [0.29, 0.717) is 0 Å². The first-order valence-electron chi connectivity index (χ1n) is 20.1. The molecule has 0 saturated heterocycles. The minimum absolute atomic E-state index is 0.0127. The molecule has 0 saturated carbocycles. The third-order valence-corrected chi connectivity index (χ3v) is 12.0. The maximum atomic E-state index is 6.61. The SMILES string of the molecule is CC(C)(C)c1ccc2c3ccc(C(C)(C)C)cc3c3nc(-c4cc(-c5cccc6c5oc5ccccc56)cc(-c5cccc6c5oc5ccccc56)c4)cnc3c2c1. The molecule has 0 aliphatic carbocycles. The highest BCUT2D eigenvalue weighted by Gasteiger charge is 2.22. The zero-order valence-corrected chi connectivity index (χ0v) is 33.6. The first kappa shape index (κ1) is 34.5. The standard InChI is InChI=1S/C54H42N2O2/c1-53(2,3)34-21-23-38-39-24-22-35(54(4,5)6)29-45(39)50-49(44(38)28-34)55-30-46(56-50)33-26-31(36-15-11-17-42-40-13-7-9-19-47(40)57-51(36)42)25-32(27-33)37-16-12-18-43-41-14-8-10-20-48(41)58-52(37)43/h7-30H,1-6H3. The molecule has 0 N–H and O–H groups in total. The average Bonchev–Trinajstić information content (AvgIpc) is 3.81. The number of aromatic nitrogens is 2. The van der Waals surface area contributed by atoms with E-state index in [2.05, 4.69) is 157 Å². The van der Waals surface area contributed by atoms with Crippen LogP contribution < -0.4 is 0 Å². The molecule has 280 valence electrons. The van der Waals surface area contributed by atoms with E-state index in [9.17, 15) is 0 Å². The summed E-state index contributed by atoms with van der Waals surface area (Å²) in [5, 5.41) is 9.01. The normalized spacial score (nSPS) is 12.7. The Balaban J connectivity index is 1.21. The van der Waals surface area contributed by atoms with E-state index in [1.165, 1.54) is 21.9 Å². The van der Waals surface area contributed by atoms with Crippen molar-refractivity contribution in [2.24, 2.45) is 0 Å². The van der Waals surface area contributed by atoms with Crippen LogP contribution in [0.1, 0.15) is 52.7 Å². The zero-order chi connectivity index (χ0) is 39.5. The van der Waals surface area contributed by atoms with Crippen LogP contribution in [0.4, 0.5) is 0 Å². The molecule has 0 unspecified atom stereocenters. The Morgan fingerprint density at radius 1 is 0.397 bits per heavy atom. The first-order valence-corrected chi connectivity index (χ1v) is 20.1. The van der Waals surface area contributed by atoms with Crippen molar-refractivity contribution in [2.75, 3.05) is 0 Å². The van der Waals surface area contributed by atoms with E-state index >= 15 is 0 Å². The van der Waals surface area contributed by atoms with Crippen LogP contribution in [0.25, 0.3) is 110 Å². The van der Waals surface area contributed by atoms with E-state index in [0.717, 1.165) is 99.2 Å². The van der Waals surface area contributed by atoms with E-state index in [4.69, 9.17) is 18.8 Å². The van der Waals surface area contributed by atoms with Gasteiger partial charge in [-0.05, 0) is 86.3 Å². The molecule has 0 radical (unpaired) electrons. The fourth-order valence-electron chi connectivity index (χ4n) is 8.83. The molecular formula is C54H42N2O2. The maximum absolute atomic E-state index is 6.61. The molecule has 3 aromatic heterocycles. The van der Waals surface area contributed by atoms with Crippen LogP contribution in [0.2, 0.25) is 0 Å². The Bertz CT molecular complexity index is 3350. The molecule has 4 nitrogen and oxygen atoms in total. The summed E-state index contributed by atoms with van der Waals surface area (Å²) in [4.78, 5) is 10.9. The van der Waals surface area contributed by atoms with E-state index in [1.54, 1.807) is 0 Å².